The molecule has 0 spiro atoms. The lowest BCUT2D eigenvalue weighted by Gasteiger charge is -2.31. The van der Waals surface area contributed by atoms with E-state index in [2.05, 4.69) is 9.97 Å². The average Bonchev–Trinajstić information content (AvgIpc) is 3.27. The number of aromatic nitrogens is 2. The molecule has 30 heavy (non-hydrogen) atoms. The van der Waals surface area contributed by atoms with Crippen LogP contribution < -0.4 is 9.47 Å². The molecule has 1 fully saturated rings. The zero-order chi connectivity index (χ0) is 20.8. The van der Waals surface area contributed by atoms with Crippen molar-refractivity contribution in [3.8, 4) is 11.5 Å². The zero-order valence-corrected chi connectivity index (χ0v) is 17.0. The van der Waals surface area contributed by atoms with Crippen molar-refractivity contribution in [2.75, 3.05) is 26.8 Å². The van der Waals surface area contributed by atoms with Crippen molar-refractivity contribution >= 4 is 5.91 Å². The first-order chi connectivity index (χ1) is 14.7. The predicted molar refractivity (Wildman–Crippen MR) is 111 cm³/mol. The summed E-state index contributed by atoms with van der Waals surface area (Å²) in [4.78, 5) is 22.9. The molecule has 1 aliphatic rings. The third kappa shape index (κ3) is 4.79. The molecular weight excluding hydrogens is 382 g/mol. The van der Waals surface area contributed by atoms with Crippen molar-refractivity contribution in [1.82, 2.24) is 14.9 Å². The largest absolute Gasteiger partial charge is 0.496 e. The van der Waals surface area contributed by atoms with Gasteiger partial charge in [-0.3, -0.25) is 9.78 Å². The summed E-state index contributed by atoms with van der Waals surface area (Å²) in [6.07, 6.45) is 7.51. The van der Waals surface area contributed by atoms with Crippen LogP contribution in [0.5, 0.6) is 11.5 Å². The highest BCUT2D eigenvalue weighted by Gasteiger charge is 2.28. The van der Waals surface area contributed by atoms with Crippen molar-refractivity contribution in [2.45, 2.75) is 25.2 Å². The number of amides is 1. The smallest absolute Gasteiger partial charge is 0.260 e. The molecule has 0 aliphatic carbocycles. The Bertz CT molecular complexity index is 973. The number of carbonyl (C=O) groups is 1. The van der Waals surface area contributed by atoms with Gasteiger partial charge in [-0.15, -0.1) is 0 Å². The number of hydrogen-bond donors (Lipinski definition) is 0. The standard InChI is InChI=1S/C23H25N3O4/c1-28-21-9-3-2-6-17(21)12-20-14-25-23(30-20)18-7-5-11-26(15-18)22(27)16-29-19-8-4-10-24-13-19/h2-4,6,8-10,13-14,18H,5,7,11-12,15-16H2,1H3/t18-/m1/s1. The second-order valence-corrected chi connectivity index (χ2v) is 7.31. The Kier molecular flexibility index (Phi) is 6.27. The average molecular weight is 407 g/mol. The first-order valence-corrected chi connectivity index (χ1v) is 10.1. The fraction of sp³-hybridized carbons (Fsp3) is 0.348. The molecule has 7 nitrogen and oxygen atoms in total. The van der Waals surface area contributed by atoms with E-state index in [1.54, 1.807) is 37.8 Å². The van der Waals surface area contributed by atoms with E-state index < -0.39 is 0 Å². The van der Waals surface area contributed by atoms with E-state index in [0.29, 0.717) is 24.6 Å². The molecule has 0 radical (unpaired) electrons. The SMILES string of the molecule is COc1ccccc1Cc1cnc([C@@H]2CCCN(C(=O)COc3cccnc3)C2)o1. The Hall–Kier alpha value is -3.35. The minimum Gasteiger partial charge on any atom is -0.496 e. The lowest BCUT2D eigenvalue weighted by Crippen LogP contribution is -2.41. The van der Waals surface area contributed by atoms with E-state index in [9.17, 15) is 4.79 Å². The third-order valence-corrected chi connectivity index (χ3v) is 5.25. The highest BCUT2D eigenvalue weighted by Crippen LogP contribution is 2.28. The van der Waals surface area contributed by atoms with Crippen LogP contribution in [0.25, 0.3) is 0 Å². The Morgan fingerprint density at radius 1 is 1.23 bits per heavy atom. The van der Waals surface area contributed by atoms with Crippen LogP contribution in [0.15, 0.2) is 59.4 Å². The molecule has 0 saturated carbocycles. The highest BCUT2D eigenvalue weighted by atomic mass is 16.5. The molecule has 2 aromatic heterocycles. The van der Waals surface area contributed by atoms with Gasteiger partial charge in [0.1, 0.15) is 17.3 Å². The van der Waals surface area contributed by atoms with E-state index >= 15 is 0 Å². The van der Waals surface area contributed by atoms with Crippen LogP contribution in [-0.2, 0) is 11.2 Å². The number of hydrogen-bond acceptors (Lipinski definition) is 6. The summed E-state index contributed by atoms with van der Waals surface area (Å²) in [6.45, 7) is 1.31. The van der Waals surface area contributed by atoms with Gasteiger partial charge in [-0.1, -0.05) is 18.2 Å². The maximum Gasteiger partial charge on any atom is 0.260 e. The number of para-hydroxylation sites is 1. The van der Waals surface area contributed by atoms with E-state index in [1.807, 2.05) is 29.2 Å². The van der Waals surface area contributed by atoms with Crippen LogP contribution in [0, 0.1) is 0 Å². The normalized spacial score (nSPS) is 16.3. The van der Waals surface area contributed by atoms with Crippen molar-refractivity contribution < 1.29 is 18.7 Å². The molecule has 3 aromatic rings. The molecule has 3 heterocycles. The number of benzene rings is 1. The first kappa shape index (κ1) is 19.9. The second kappa shape index (κ2) is 9.43. The molecular formula is C23H25N3O4. The van der Waals surface area contributed by atoms with Gasteiger partial charge in [0.2, 0.25) is 0 Å². The van der Waals surface area contributed by atoms with Gasteiger partial charge < -0.3 is 18.8 Å². The third-order valence-electron chi connectivity index (χ3n) is 5.25. The molecule has 1 atom stereocenters. The number of ether oxygens (including phenoxy) is 2. The summed E-state index contributed by atoms with van der Waals surface area (Å²) in [7, 11) is 1.66. The number of carbonyl (C=O) groups excluding carboxylic acids is 1. The van der Waals surface area contributed by atoms with Gasteiger partial charge in [0.15, 0.2) is 12.5 Å². The zero-order valence-electron chi connectivity index (χ0n) is 17.0. The number of piperidine rings is 1. The fourth-order valence-electron chi connectivity index (χ4n) is 3.70. The predicted octanol–water partition coefficient (Wildman–Crippen LogP) is 3.45. The Morgan fingerprint density at radius 2 is 2.13 bits per heavy atom. The molecule has 1 amide bonds. The number of pyridine rings is 1. The number of rotatable bonds is 7. The van der Waals surface area contributed by atoms with Crippen molar-refractivity contribution in [2.24, 2.45) is 0 Å². The Balaban J connectivity index is 1.36. The molecule has 1 aliphatic heterocycles. The quantitative estimate of drug-likeness (QED) is 0.597. The van der Waals surface area contributed by atoms with Gasteiger partial charge in [-0.2, -0.15) is 0 Å². The Morgan fingerprint density at radius 3 is 2.97 bits per heavy atom. The van der Waals surface area contributed by atoms with Crippen molar-refractivity contribution in [1.29, 1.82) is 0 Å². The van der Waals surface area contributed by atoms with Gasteiger partial charge >= 0.3 is 0 Å². The summed E-state index contributed by atoms with van der Waals surface area (Å²) in [5.41, 5.74) is 1.05. The number of oxazole rings is 1. The number of likely N-dealkylation sites (tertiary alicyclic amines) is 1. The number of methoxy groups -OCH3 is 1. The summed E-state index contributed by atoms with van der Waals surface area (Å²) >= 11 is 0. The highest BCUT2D eigenvalue weighted by molar-refractivity contribution is 5.78. The van der Waals surface area contributed by atoms with Crippen LogP contribution in [0.3, 0.4) is 0 Å². The maximum absolute atomic E-state index is 12.6. The van der Waals surface area contributed by atoms with Crippen molar-refractivity contribution in [3.05, 3.63) is 72.2 Å². The lowest BCUT2D eigenvalue weighted by molar-refractivity contribution is -0.134. The van der Waals surface area contributed by atoms with Gasteiger partial charge in [0.25, 0.3) is 5.91 Å². The molecule has 0 unspecified atom stereocenters. The molecule has 0 N–H and O–H groups in total. The summed E-state index contributed by atoms with van der Waals surface area (Å²) in [6, 6.07) is 11.4. The molecule has 7 heteroatoms. The van der Waals surface area contributed by atoms with Crippen LogP contribution in [0.1, 0.15) is 36.0 Å². The van der Waals surface area contributed by atoms with E-state index in [4.69, 9.17) is 13.9 Å². The topological polar surface area (TPSA) is 77.7 Å². The summed E-state index contributed by atoms with van der Waals surface area (Å²) < 4.78 is 17.0. The second-order valence-electron chi connectivity index (χ2n) is 7.31. The molecule has 0 bridgehead atoms. The van der Waals surface area contributed by atoms with Gasteiger partial charge in [0.05, 0.1) is 25.4 Å². The van der Waals surface area contributed by atoms with Gasteiger partial charge in [-0.05, 0) is 31.0 Å². The minimum absolute atomic E-state index is 0.00302. The molecule has 4 rings (SSSR count). The molecule has 1 aromatic carbocycles. The van der Waals surface area contributed by atoms with Crippen LogP contribution in [-0.4, -0.2) is 47.6 Å². The number of nitrogens with zero attached hydrogens (tertiary/aromatic N) is 3. The van der Waals surface area contributed by atoms with Crippen LogP contribution >= 0.6 is 0 Å². The molecule has 1 saturated heterocycles. The Labute approximate surface area is 175 Å². The van der Waals surface area contributed by atoms with Crippen LogP contribution in [0.2, 0.25) is 0 Å². The van der Waals surface area contributed by atoms with Crippen LogP contribution in [0.4, 0.5) is 0 Å². The summed E-state index contributed by atoms with van der Waals surface area (Å²) in [5.74, 6) is 2.95. The van der Waals surface area contributed by atoms with Crippen molar-refractivity contribution in [3.63, 3.8) is 0 Å². The lowest BCUT2D eigenvalue weighted by atomic mass is 9.98. The summed E-state index contributed by atoms with van der Waals surface area (Å²) in [5, 5.41) is 0. The van der Waals surface area contributed by atoms with E-state index in [1.165, 1.54) is 0 Å². The van der Waals surface area contributed by atoms with E-state index in [0.717, 1.165) is 36.5 Å². The first-order valence-electron chi connectivity index (χ1n) is 10.1. The fourth-order valence-corrected chi connectivity index (χ4v) is 3.70. The van der Waals surface area contributed by atoms with E-state index in [-0.39, 0.29) is 18.4 Å². The van der Waals surface area contributed by atoms with Gasteiger partial charge in [0, 0.05) is 31.3 Å². The van der Waals surface area contributed by atoms with Gasteiger partial charge in [-0.25, -0.2) is 4.98 Å². The monoisotopic (exact) mass is 407 g/mol. The maximum atomic E-state index is 12.6. The minimum atomic E-state index is -0.0376. The molecule has 156 valence electrons.